The lowest BCUT2D eigenvalue weighted by Gasteiger charge is -2.46. The quantitative estimate of drug-likeness (QED) is 0.332. The smallest absolute Gasteiger partial charge is 0.319 e. The van der Waals surface area contributed by atoms with Crippen molar-refractivity contribution in [2.45, 2.75) is 50.6 Å². The van der Waals surface area contributed by atoms with Crippen LogP contribution in [-0.4, -0.2) is 75.9 Å². The highest BCUT2D eigenvalue weighted by Crippen LogP contribution is 2.47. The Bertz CT molecular complexity index is 1890. The van der Waals surface area contributed by atoms with Crippen molar-refractivity contribution >= 4 is 27.5 Å². The monoisotopic (exact) mass is 590 g/mol. The molecular formula is C32H34F2N6O3. The van der Waals surface area contributed by atoms with Crippen molar-refractivity contribution in [3.8, 4) is 17.4 Å². The number of phenols is 1. The lowest BCUT2D eigenvalue weighted by atomic mass is 9.93. The Morgan fingerprint density at radius 3 is 2.70 bits per heavy atom. The van der Waals surface area contributed by atoms with Crippen LogP contribution in [0, 0.1) is 17.0 Å². The predicted molar refractivity (Wildman–Crippen MR) is 159 cm³/mol. The molecule has 5 fully saturated rings. The third-order valence-electron chi connectivity index (χ3n) is 9.51. The van der Waals surface area contributed by atoms with Gasteiger partial charge >= 0.3 is 6.01 Å². The van der Waals surface area contributed by atoms with E-state index in [1.807, 2.05) is 0 Å². The Morgan fingerprint density at radius 1 is 1.14 bits per heavy atom. The van der Waals surface area contributed by atoms with Crippen LogP contribution in [0.15, 0.2) is 41.3 Å². The second-order valence-corrected chi connectivity index (χ2v) is 12.5. The van der Waals surface area contributed by atoms with Crippen molar-refractivity contribution in [3.05, 3.63) is 58.5 Å². The first-order chi connectivity index (χ1) is 21.6. The number of pyridine rings is 1. The molecule has 2 N–H and O–H groups in total. The molecule has 1 aliphatic carbocycles. The van der Waals surface area contributed by atoms with E-state index in [9.17, 15) is 14.3 Å². The average molecular weight is 591 g/mol. The molecule has 2 aromatic heterocycles. The third kappa shape index (κ3) is 4.69. The van der Waals surface area contributed by atoms with Gasteiger partial charge in [0.15, 0.2) is 11.6 Å². The zero-order valence-electron chi connectivity index (χ0n) is 25.7. The van der Waals surface area contributed by atoms with Gasteiger partial charge in [0.05, 0.1) is 20.4 Å². The maximum absolute atomic E-state index is 15.2. The lowest BCUT2D eigenvalue weighted by Crippen LogP contribution is -2.61. The summed E-state index contributed by atoms with van der Waals surface area (Å²) >= 11 is 0. The summed E-state index contributed by atoms with van der Waals surface area (Å²) in [6.07, 6.45) is 6.97. The summed E-state index contributed by atoms with van der Waals surface area (Å²) in [6, 6.07) is 6.61. The number of likely N-dealkylation sites (tertiary alicyclic amines) is 1. The van der Waals surface area contributed by atoms with E-state index in [1.165, 1.54) is 24.4 Å². The molecule has 0 amide bonds. The molecule has 2 atom stereocenters. The number of piperazine rings is 1. The Labute approximate surface area is 249 Å². The molecule has 5 aliphatic rings. The summed E-state index contributed by atoms with van der Waals surface area (Å²) in [5, 5.41) is 14.5. The number of hydrogen-bond acceptors (Lipinski definition) is 8. The molecule has 43 heavy (non-hydrogen) atoms. The highest BCUT2D eigenvalue weighted by Gasteiger charge is 2.45. The summed E-state index contributed by atoms with van der Waals surface area (Å²) in [5.41, 5.74) is -1.44. The first-order valence-corrected chi connectivity index (χ1v) is 15.1. The van der Waals surface area contributed by atoms with Crippen molar-refractivity contribution < 1.29 is 21.4 Å². The van der Waals surface area contributed by atoms with Gasteiger partial charge in [-0.05, 0) is 75.2 Å². The van der Waals surface area contributed by atoms with E-state index in [0.29, 0.717) is 37.1 Å². The molecule has 1 saturated carbocycles. The van der Waals surface area contributed by atoms with Crippen LogP contribution < -0.4 is 20.5 Å². The van der Waals surface area contributed by atoms with Gasteiger partial charge in [0.1, 0.15) is 17.1 Å². The van der Waals surface area contributed by atoms with Crippen molar-refractivity contribution in [2.24, 2.45) is 5.41 Å². The molecule has 0 radical (unpaired) electrons. The normalized spacial score (nSPS) is 24.0. The van der Waals surface area contributed by atoms with Crippen LogP contribution in [0.3, 0.4) is 0 Å². The number of hydrogen-bond donors (Lipinski definition) is 2. The van der Waals surface area contributed by atoms with Crippen LogP contribution >= 0.6 is 0 Å². The molecule has 9 rings (SSSR count). The number of rotatable bonds is 7. The molecule has 4 aliphatic heterocycles. The minimum atomic E-state index is -2.08. The van der Waals surface area contributed by atoms with E-state index in [1.54, 1.807) is 6.07 Å². The highest BCUT2D eigenvalue weighted by molar-refractivity contribution is 5.94. The molecule has 11 heteroatoms. The largest absolute Gasteiger partial charge is 0.508 e. The van der Waals surface area contributed by atoms with E-state index in [-0.39, 0.29) is 45.8 Å². The van der Waals surface area contributed by atoms with Gasteiger partial charge in [-0.1, -0.05) is 6.07 Å². The minimum absolute atomic E-state index is 0.0413. The summed E-state index contributed by atoms with van der Waals surface area (Å²) in [4.78, 5) is 27.9. The van der Waals surface area contributed by atoms with Gasteiger partial charge in [0, 0.05) is 54.8 Å². The van der Waals surface area contributed by atoms with E-state index >= 15 is 4.39 Å². The maximum atomic E-state index is 15.2. The Kier molecular flexibility index (Phi) is 5.79. The van der Waals surface area contributed by atoms with Gasteiger partial charge in [0.2, 0.25) is 0 Å². The second kappa shape index (κ2) is 10.1. The van der Waals surface area contributed by atoms with E-state index in [2.05, 4.69) is 20.1 Å². The molecule has 6 heterocycles. The number of phenolic OH excluding ortho intramolecular Hbond substituents is 1. The summed E-state index contributed by atoms with van der Waals surface area (Å²) in [6.45, 7) is 1.79. The Balaban J connectivity index is 1.28. The molecule has 2 bridgehead atoms. The van der Waals surface area contributed by atoms with Gasteiger partial charge in [-0.2, -0.15) is 9.97 Å². The van der Waals surface area contributed by atoms with Gasteiger partial charge in [0.25, 0.3) is 5.56 Å². The van der Waals surface area contributed by atoms with Gasteiger partial charge in [-0.3, -0.25) is 9.36 Å². The van der Waals surface area contributed by atoms with Gasteiger partial charge in [-0.15, -0.1) is 0 Å². The number of anilines is 1. The van der Waals surface area contributed by atoms with Crippen molar-refractivity contribution in [2.75, 3.05) is 44.2 Å². The first-order valence-electron chi connectivity index (χ1n) is 16.1. The maximum Gasteiger partial charge on any atom is 0.319 e. The Morgan fingerprint density at radius 2 is 1.98 bits per heavy atom. The Hall–Kier alpha value is -3.83. The average Bonchev–Trinajstić information content (AvgIpc) is 3.65. The van der Waals surface area contributed by atoms with Crippen LogP contribution in [-0.2, 0) is 0 Å². The standard InChI is InChI=1S/C32H34F2N6O3/c33-24-6-3-19-13-22(41)14-25(26(19)27(24)34)39-12-7-23-28(30(39)42)36-31(37-29(23)40-16-20-4-5-21(40)15-35-20)43-18-32(8-9-32)17-38-10-1-2-11-38/h3,6-7,12-14,20-21,35,41H,1-2,4-5,8-11,15-18H2/i18D2. The van der Waals surface area contributed by atoms with E-state index < -0.39 is 29.2 Å². The molecule has 4 aromatic rings. The SMILES string of the molecule is [2H]C([2H])(Oc1nc(N2CC3CCC2CN3)c2ccn(-c3cc(O)cc4ccc(F)c(F)c34)c(=O)c2n1)C1(CN2CCCC2)CC1. The van der Waals surface area contributed by atoms with Crippen LogP contribution in [0.5, 0.6) is 11.8 Å². The number of halogens is 2. The van der Waals surface area contributed by atoms with Gasteiger partial charge in [-0.25, -0.2) is 8.78 Å². The number of ether oxygens (including phenoxy) is 1. The molecule has 0 spiro atoms. The number of nitrogens with zero attached hydrogens (tertiary/aromatic N) is 5. The van der Waals surface area contributed by atoms with Crippen LogP contribution in [0.4, 0.5) is 14.6 Å². The molecule has 2 aromatic carbocycles. The number of nitrogens with one attached hydrogen (secondary N) is 1. The molecule has 2 unspecified atom stereocenters. The number of benzene rings is 2. The molecule has 4 saturated heterocycles. The van der Waals surface area contributed by atoms with E-state index in [0.717, 1.165) is 56.0 Å². The van der Waals surface area contributed by atoms with Crippen molar-refractivity contribution in [1.82, 2.24) is 24.8 Å². The molecule has 224 valence electrons. The van der Waals surface area contributed by atoms with Crippen molar-refractivity contribution in [1.29, 1.82) is 0 Å². The van der Waals surface area contributed by atoms with Crippen LogP contribution in [0.1, 0.15) is 41.3 Å². The fraction of sp³-hybridized carbons (Fsp3) is 0.469. The lowest BCUT2D eigenvalue weighted by molar-refractivity contribution is 0.170. The van der Waals surface area contributed by atoms with E-state index in [4.69, 9.17) is 12.5 Å². The summed E-state index contributed by atoms with van der Waals surface area (Å²) in [7, 11) is 0. The summed E-state index contributed by atoms with van der Waals surface area (Å²) < 4.78 is 54.7. The zero-order valence-corrected chi connectivity index (χ0v) is 23.7. The fourth-order valence-corrected chi connectivity index (χ4v) is 7.02. The number of aromatic hydroxyl groups is 1. The predicted octanol–water partition coefficient (Wildman–Crippen LogP) is 4.11. The number of aromatic nitrogens is 3. The van der Waals surface area contributed by atoms with Crippen LogP contribution in [0.25, 0.3) is 27.4 Å². The number of fused-ring (bicyclic) bond motifs is 5. The molecule has 9 nitrogen and oxygen atoms in total. The third-order valence-corrected chi connectivity index (χ3v) is 9.51. The van der Waals surface area contributed by atoms with Crippen molar-refractivity contribution in [3.63, 3.8) is 0 Å². The first kappa shape index (κ1) is 24.6. The fourth-order valence-electron chi connectivity index (χ4n) is 7.02. The van der Waals surface area contributed by atoms with Gasteiger partial charge < -0.3 is 25.0 Å². The highest BCUT2D eigenvalue weighted by atomic mass is 19.2. The number of piperidine rings is 2. The molecular weight excluding hydrogens is 554 g/mol. The van der Waals surface area contributed by atoms with Crippen LogP contribution in [0.2, 0.25) is 0 Å². The minimum Gasteiger partial charge on any atom is -0.508 e. The topological polar surface area (TPSA) is 95.8 Å². The summed E-state index contributed by atoms with van der Waals surface area (Å²) in [5.74, 6) is -1.96. The zero-order chi connectivity index (χ0) is 31.1. The second-order valence-electron chi connectivity index (χ2n) is 12.5.